The molecule has 1 atom stereocenters. The van der Waals surface area contributed by atoms with Crippen molar-refractivity contribution in [1.29, 1.82) is 0 Å². The van der Waals surface area contributed by atoms with Crippen LogP contribution in [-0.2, 0) is 9.53 Å². The fourth-order valence-electron chi connectivity index (χ4n) is 0.270. The summed E-state index contributed by atoms with van der Waals surface area (Å²) in [6.07, 6.45) is -1.10. The smallest absolute Gasteiger partial charge is 0.335 e. The van der Waals surface area contributed by atoms with Gasteiger partial charge in [0.2, 0.25) is 0 Å². The predicted molar refractivity (Wildman–Crippen MR) is 37.6 cm³/mol. The first-order chi connectivity index (χ1) is 4.54. The van der Waals surface area contributed by atoms with Crippen LogP contribution in [0.2, 0.25) is 0 Å². The number of ether oxygens (including phenoxy) is 1. The molecule has 0 unspecified atom stereocenters. The van der Waals surface area contributed by atoms with E-state index in [-0.39, 0.29) is 11.6 Å². The quantitative estimate of drug-likeness (QED) is 0.624. The number of aliphatic hydroxyl groups is 1. The third kappa shape index (κ3) is 4.35. The van der Waals surface area contributed by atoms with Crippen LogP contribution in [0.15, 0.2) is 11.6 Å². The Labute approximate surface area is 64.2 Å². The second-order valence-electron chi connectivity index (χ2n) is 1.80. The van der Waals surface area contributed by atoms with Gasteiger partial charge in [0, 0.05) is 5.03 Å². The summed E-state index contributed by atoms with van der Waals surface area (Å²) in [6, 6.07) is 0. The highest BCUT2D eigenvalue weighted by Crippen LogP contribution is 1.97. The lowest BCUT2D eigenvalue weighted by molar-refractivity contribution is -0.151. The van der Waals surface area contributed by atoms with E-state index in [1.54, 1.807) is 0 Å². The molecule has 0 heterocycles. The van der Waals surface area contributed by atoms with Gasteiger partial charge >= 0.3 is 5.97 Å². The molecule has 0 aliphatic rings. The summed E-state index contributed by atoms with van der Waals surface area (Å²) in [7, 11) is 0. The summed E-state index contributed by atoms with van der Waals surface area (Å²) in [5.74, 6) is -0.693. The maximum absolute atomic E-state index is 10.5. The van der Waals surface area contributed by atoms with E-state index >= 15 is 0 Å². The van der Waals surface area contributed by atoms with Gasteiger partial charge in [0.1, 0.15) is 12.7 Å². The van der Waals surface area contributed by atoms with E-state index in [1.807, 2.05) is 0 Å². The maximum Gasteiger partial charge on any atom is 0.335 e. The minimum absolute atomic E-state index is 0.0503. The molecule has 0 spiro atoms. The third-order valence-electron chi connectivity index (χ3n) is 0.712. The van der Waals surface area contributed by atoms with Crippen molar-refractivity contribution in [3.05, 3.63) is 11.6 Å². The van der Waals surface area contributed by atoms with Crippen LogP contribution >= 0.6 is 11.6 Å². The minimum Gasteiger partial charge on any atom is -0.458 e. The lowest BCUT2D eigenvalue weighted by Gasteiger charge is -2.03. The van der Waals surface area contributed by atoms with Gasteiger partial charge in [-0.3, -0.25) is 0 Å². The highest BCUT2D eigenvalue weighted by atomic mass is 35.5. The number of esters is 1. The van der Waals surface area contributed by atoms with Crippen LogP contribution < -0.4 is 0 Å². The Morgan fingerprint density at radius 1 is 1.90 bits per heavy atom. The molecule has 0 fully saturated rings. The number of halogens is 1. The normalized spacial score (nSPS) is 12.3. The average molecular weight is 165 g/mol. The summed E-state index contributed by atoms with van der Waals surface area (Å²) in [5, 5.41) is 8.82. The zero-order valence-electron chi connectivity index (χ0n) is 5.63. The molecule has 0 saturated heterocycles. The lowest BCUT2D eigenvalue weighted by atomic mass is 10.4. The van der Waals surface area contributed by atoms with Crippen molar-refractivity contribution < 1.29 is 14.6 Å². The molecule has 4 heteroatoms. The van der Waals surface area contributed by atoms with E-state index in [1.165, 1.54) is 6.92 Å². The molecule has 3 nitrogen and oxygen atoms in total. The van der Waals surface area contributed by atoms with Gasteiger partial charge in [0.25, 0.3) is 0 Å². The van der Waals surface area contributed by atoms with Crippen LogP contribution in [-0.4, -0.2) is 23.8 Å². The van der Waals surface area contributed by atoms with Crippen molar-refractivity contribution in [2.24, 2.45) is 0 Å². The van der Waals surface area contributed by atoms with Crippen molar-refractivity contribution in [3.8, 4) is 0 Å². The first-order valence-electron chi connectivity index (χ1n) is 2.72. The van der Waals surface area contributed by atoms with Gasteiger partial charge in [0.05, 0.1) is 0 Å². The van der Waals surface area contributed by atoms with Crippen molar-refractivity contribution in [1.82, 2.24) is 0 Å². The summed E-state index contributed by atoms with van der Waals surface area (Å²) in [4.78, 5) is 10.5. The van der Waals surface area contributed by atoms with Crippen LogP contribution in [0, 0.1) is 0 Å². The largest absolute Gasteiger partial charge is 0.458 e. The zero-order chi connectivity index (χ0) is 8.15. The molecule has 58 valence electrons. The Morgan fingerprint density at radius 2 is 2.40 bits per heavy atom. The maximum atomic E-state index is 10.5. The predicted octanol–water partition coefficient (Wildman–Crippen LogP) is 0.663. The number of hydrogen-bond acceptors (Lipinski definition) is 3. The Morgan fingerprint density at radius 3 is 2.70 bits per heavy atom. The van der Waals surface area contributed by atoms with Crippen LogP contribution in [0.25, 0.3) is 0 Å². The Hall–Kier alpha value is -0.540. The van der Waals surface area contributed by atoms with Gasteiger partial charge < -0.3 is 9.84 Å². The summed E-state index contributed by atoms with van der Waals surface area (Å²) in [6.45, 7) is 4.56. The molecule has 0 aromatic heterocycles. The number of carbonyl (C=O) groups excluding carboxylic acids is 1. The summed E-state index contributed by atoms with van der Waals surface area (Å²) >= 11 is 5.27. The van der Waals surface area contributed by atoms with Crippen molar-refractivity contribution in [2.45, 2.75) is 13.0 Å². The molecular weight excluding hydrogens is 156 g/mol. The molecule has 1 N–H and O–H groups in total. The highest BCUT2D eigenvalue weighted by Gasteiger charge is 2.09. The highest BCUT2D eigenvalue weighted by molar-refractivity contribution is 6.29. The van der Waals surface area contributed by atoms with Crippen LogP contribution in [0.1, 0.15) is 6.92 Å². The molecule has 0 bridgehead atoms. The van der Waals surface area contributed by atoms with Gasteiger partial charge in [-0.25, -0.2) is 4.79 Å². The first kappa shape index (κ1) is 9.46. The van der Waals surface area contributed by atoms with Gasteiger partial charge in [0.15, 0.2) is 0 Å². The van der Waals surface area contributed by atoms with E-state index in [9.17, 15) is 4.79 Å². The lowest BCUT2D eigenvalue weighted by Crippen LogP contribution is -2.19. The molecule has 0 aliphatic heterocycles. The van der Waals surface area contributed by atoms with Gasteiger partial charge in [-0.1, -0.05) is 18.2 Å². The van der Waals surface area contributed by atoms with E-state index < -0.39 is 12.1 Å². The summed E-state index contributed by atoms with van der Waals surface area (Å²) in [5.41, 5.74) is 0. The Kier molecular flexibility index (Phi) is 4.07. The third-order valence-corrected chi connectivity index (χ3v) is 0.821. The van der Waals surface area contributed by atoms with Crippen LogP contribution in [0.3, 0.4) is 0 Å². The van der Waals surface area contributed by atoms with Crippen LogP contribution in [0.5, 0.6) is 0 Å². The van der Waals surface area contributed by atoms with Crippen molar-refractivity contribution >= 4 is 17.6 Å². The first-order valence-corrected chi connectivity index (χ1v) is 3.10. The second kappa shape index (κ2) is 4.30. The standard InChI is InChI=1S/C6H9ClO3/c1-4(7)3-10-6(9)5(2)8/h5,8H,1,3H2,2H3/t5-/m1/s1. The van der Waals surface area contributed by atoms with E-state index in [4.69, 9.17) is 16.7 Å². The Balaban J connectivity index is 3.50. The number of aliphatic hydroxyl groups excluding tert-OH is 1. The topological polar surface area (TPSA) is 46.5 Å². The summed E-state index contributed by atoms with van der Waals surface area (Å²) < 4.78 is 4.44. The average Bonchev–Trinajstić information content (AvgIpc) is 1.82. The van der Waals surface area contributed by atoms with Gasteiger partial charge in [-0.2, -0.15) is 0 Å². The van der Waals surface area contributed by atoms with E-state index in [0.29, 0.717) is 0 Å². The second-order valence-corrected chi connectivity index (χ2v) is 2.34. The number of hydrogen-bond donors (Lipinski definition) is 1. The van der Waals surface area contributed by atoms with E-state index in [2.05, 4.69) is 11.3 Å². The molecule has 0 amide bonds. The van der Waals surface area contributed by atoms with Gasteiger partial charge in [-0.05, 0) is 6.92 Å². The van der Waals surface area contributed by atoms with Crippen LogP contribution in [0.4, 0.5) is 0 Å². The SMILES string of the molecule is C=C(Cl)COC(=O)[C@@H](C)O. The molecule has 0 radical (unpaired) electrons. The Bertz CT molecular complexity index is 142. The number of carbonyl (C=O) groups is 1. The molecule has 0 saturated carbocycles. The molecule has 0 rings (SSSR count). The fraction of sp³-hybridized carbons (Fsp3) is 0.500. The molecule has 0 aromatic carbocycles. The molecule has 10 heavy (non-hydrogen) atoms. The molecule has 0 aliphatic carbocycles. The minimum atomic E-state index is -1.10. The van der Waals surface area contributed by atoms with E-state index in [0.717, 1.165) is 0 Å². The van der Waals surface area contributed by atoms with Crippen molar-refractivity contribution in [3.63, 3.8) is 0 Å². The number of rotatable bonds is 3. The van der Waals surface area contributed by atoms with Gasteiger partial charge in [-0.15, -0.1) is 0 Å². The van der Waals surface area contributed by atoms with Crippen molar-refractivity contribution in [2.75, 3.05) is 6.61 Å². The molecular formula is C6H9ClO3. The zero-order valence-corrected chi connectivity index (χ0v) is 6.39. The monoisotopic (exact) mass is 164 g/mol. The molecule has 0 aromatic rings. The fourth-order valence-corrected chi connectivity index (χ4v) is 0.325.